The zero-order valence-corrected chi connectivity index (χ0v) is 22.2. The van der Waals surface area contributed by atoms with Crippen molar-refractivity contribution in [2.45, 2.75) is 48.8 Å². The van der Waals surface area contributed by atoms with E-state index < -0.39 is 10.0 Å². The van der Waals surface area contributed by atoms with E-state index in [1.165, 1.54) is 29.3 Å². The van der Waals surface area contributed by atoms with Gasteiger partial charge in [-0.05, 0) is 101 Å². The second kappa shape index (κ2) is 11.7. The van der Waals surface area contributed by atoms with Crippen molar-refractivity contribution in [1.82, 2.24) is 4.90 Å². The maximum absolute atomic E-state index is 13.7. The Hall–Kier alpha value is -0.630. The first-order valence-corrected chi connectivity index (χ1v) is 14.6. The van der Waals surface area contributed by atoms with Gasteiger partial charge in [0.1, 0.15) is 0 Å². The number of nitrogens with zero attached hydrogens (tertiary/aromatic N) is 2. The van der Waals surface area contributed by atoms with E-state index in [1.807, 2.05) is 18.7 Å². The van der Waals surface area contributed by atoms with E-state index in [0.717, 1.165) is 31.3 Å². The van der Waals surface area contributed by atoms with Gasteiger partial charge < -0.3 is 4.90 Å². The number of benzene rings is 2. The molecule has 0 radical (unpaired) electrons. The summed E-state index contributed by atoms with van der Waals surface area (Å²) in [4.78, 5) is 2.65. The fraction of sp³-hybridized carbons (Fsp3) is 0.478. The molecule has 2 aromatic rings. The summed E-state index contributed by atoms with van der Waals surface area (Å²) >= 11 is 20.6. The maximum atomic E-state index is 13.7. The van der Waals surface area contributed by atoms with Crippen molar-refractivity contribution in [2.75, 3.05) is 30.2 Å². The lowest BCUT2D eigenvalue weighted by Gasteiger charge is -2.33. The van der Waals surface area contributed by atoms with Crippen molar-refractivity contribution in [2.24, 2.45) is 0 Å². The van der Waals surface area contributed by atoms with Crippen LogP contribution < -0.4 is 4.31 Å². The molecule has 0 N–H and O–H groups in total. The van der Waals surface area contributed by atoms with Crippen molar-refractivity contribution in [3.63, 3.8) is 0 Å². The SMILES string of the molecule is CSC1CCN(CCCC(C)N(c2cc(Cl)ccc2Cl)S(=O)(=O)c2ccc(Cl)cc2)CC1. The molecule has 1 saturated heterocycles. The van der Waals surface area contributed by atoms with Crippen LogP contribution in [0.3, 0.4) is 0 Å². The number of rotatable bonds is 9. The molecule has 1 atom stereocenters. The molecular weight excluding hydrogens is 507 g/mol. The van der Waals surface area contributed by atoms with E-state index in [2.05, 4.69) is 11.2 Å². The van der Waals surface area contributed by atoms with E-state index in [0.29, 0.717) is 27.2 Å². The van der Waals surface area contributed by atoms with Crippen LogP contribution in [0.2, 0.25) is 15.1 Å². The van der Waals surface area contributed by atoms with Crippen molar-refractivity contribution < 1.29 is 8.42 Å². The molecule has 0 aromatic heterocycles. The first-order valence-electron chi connectivity index (χ1n) is 10.7. The topological polar surface area (TPSA) is 40.6 Å². The van der Waals surface area contributed by atoms with Crippen molar-refractivity contribution >= 4 is 62.3 Å². The number of halogens is 3. The largest absolute Gasteiger partial charge is 0.303 e. The molecule has 1 unspecified atom stereocenters. The van der Waals surface area contributed by atoms with E-state index >= 15 is 0 Å². The van der Waals surface area contributed by atoms with Gasteiger partial charge in [0, 0.05) is 21.3 Å². The van der Waals surface area contributed by atoms with Gasteiger partial charge >= 0.3 is 0 Å². The fourth-order valence-corrected chi connectivity index (χ4v) is 7.00. The summed E-state index contributed by atoms with van der Waals surface area (Å²) in [7, 11) is -3.86. The second-order valence-electron chi connectivity index (χ2n) is 8.12. The molecule has 3 rings (SSSR count). The average molecular weight is 536 g/mol. The van der Waals surface area contributed by atoms with Crippen LogP contribution in [0.5, 0.6) is 0 Å². The summed E-state index contributed by atoms with van der Waals surface area (Å²) in [6.45, 7) is 5.09. The van der Waals surface area contributed by atoms with Gasteiger partial charge in [0.2, 0.25) is 0 Å². The number of piperidine rings is 1. The van der Waals surface area contributed by atoms with Gasteiger partial charge in [-0.2, -0.15) is 11.8 Å². The predicted octanol–water partition coefficient (Wildman–Crippen LogP) is 6.84. The molecule has 0 amide bonds. The van der Waals surface area contributed by atoms with Gasteiger partial charge in [-0.3, -0.25) is 4.31 Å². The van der Waals surface area contributed by atoms with Gasteiger partial charge in [-0.1, -0.05) is 34.8 Å². The summed E-state index contributed by atoms with van der Waals surface area (Å²) < 4.78 is 28.7. The molecule has 32 heavy (non-hydrogen) atoms. The van der Waals surface area contributed by atoms with Crippen molar-refractivity contribution in [3.05, 3.63) is 57.5 Å². The third kappa shape index (κ3) is 6.49. The first kappa shape index (κ1) is 26.0. The van der Waals surface area contributed by atoms with Crippen LogP contribution in [0.15, 0.2) is 47.4 Å². The molecule has 9 heteroatoms. The zero-order chi connectivity index (χ0) is 23.3. The van der Waals surface area contributed by atoms with Gasteiger partial charge in [0.05, 0.1) is 15.6 Å². The normalized spacial score (nSPS) is 16.8. The predicted molar refractivity (Wildman–Crippen MR) is 139 cm³/mol. The summed E-state index contributed by atoms with van der Waals surface area (Å²) in [5.74, 6) is 0. The summed E-state index contributed by atoms with van der Waals surface area (Å²) in [6.07, 6.45) is 6.21. The lowest BCUT2D eigenvalue weighted by Crippen LogP contribution is -2.40. The molecule has 176 valence electrons. The Labute approximate surface area is 211 Å². The average Bonchev–Trinajstić information content (AvgIpc) is 2.77. The van der Waals surface area contributed by atoms with Crippen LogP contribution in [0.25, 0.3) is 0 Å². The summed E-state index contributed by atoms with van der Waals surface area (Å²) in [5, 5.41) is 2.02. The highest BCUT2D eigenvalue weighted by Crippen LogP contribution is 2.35. The Kier molecular flexibility index (Phi) is 9.48. The quantitative estimate of drug-likeness (QED) is 0.352. The third-order valence-corrected chi connectivity index (χ3v) is 9.77. The number of anilines is 1. The molecule has 1 aliphatic heterocycles. The molecule has 4 nitrogen and oxygen atoms in total. The summed E-state index contributed by atoms with van der Waals surface area (Å²) in [5.41, 5.74) is 0.391. The minimum Gasteiger partial charge on any atom is -0.303 e. The Morgan fingerprint density at radius 3 is 2.31 bits per heavy atom. The van der Waals surface area contributed by atoms with Gasteiger partial charge in [-0.15, -0.1) is 0 Å². The molecular formula is C23H29Cl3N2O2S2. The smallest absolute Gasteiger partial charge is 0.264 e. The van der Waals surface area contributed by atoms with E-state index in [4.69, 9.17) is 34.8 Å². The molecule has 0 bridgehead atoms. The maximum Gasteiger partial charge on any atom is 0.264 e. The molecule has 0 aliphatic carbocycles. The summed E-state index contributed by atoms with van der Waals surface area (Å²) in [6, 6.07) is 10.8. The Morgan fingerprint density at radius 2 is 1.69 bits per heavy atom. The molecule has 0 spiro atoms. The number of hydrogen-bond donors (Lipinski definition) is 0. The van der Waals surface area contributed by atoms with Gasteiger partial charge in [0.15, 0.2) is 0 Å². The Morgan fingerprint density at radius 1 is 1.06 bits per heavy atom. The number of hydrogen-bond acceptors (Lipinski definition) is 4. The van der Waals surface area contributed by atoms with E-state index in [-0.39, 0.29) is 10.9 Å². The minimum atomic E-state index is -3.86. The highest BCUT2D eigenvalue weighted by Gasteiger charge is 2.31. The first-order chi connectivity index (χ1) is 15.2. The Bertz CT molecular complexity index is 995. The van der Waals surface area contributed by atoms with Crippen molar-refractivity contribution in [3.8, 4) is 0 Å². The minimum absolute atomic E-state index is 0.170. The van der Waals surface area contributed by atoms with Crippen LogP contribution in [0.4, 0.5) is 5.69 Å². The number of thioether (sulfide) groups is 1. The fourth-order valence-electron chi connectivity index (χ4n) is 4.07. The van der Waals surface area contributed by atoms with Gasteiger partial charge in [-0.25, -0.2) is 8.42 Å². The molecule has 0 saturated carbocycles. The zero-order valence-electron chi connectivity index (χ0n) is 18.3. The van der Waals surface area contributed by atoms with Crippen LogP contribution in [-0.2, 0) is 10.0 Å². The monoisotopic (exact) mass is 534 g/mol. The number of likely N-dealkylation sites (tertiary alicyclic amines) is 1. The Balaban J connectivity index is 1.79. The highest BCUT2D eigenvalue weighted by molar-refractivity contribution is 7.99. The molecule has 1 fully saturated rings. The highest BCUT2D eigenvalue weighted by atomic mass is 35.5. The van der Waals surface area contributed by atoms with Crippen LogP contribution in [0.1, 0.15) is 32.6 Å². The molecule has 1 aliphatic rings. The molecule has 2 aromatic carbocycles. The van der Waals surface area contributed by atoms with Crippen molar-refractivity contribution in [1.29, 1.82) is 0 Å². The van der Waals surface area contributed by atoms with Gasteiger partial charge in [0.25, 0.3) is 10.0 Å². The standard InChI is InChI=1S/C23H29Cl3N2O2S2/c1-17(4-3-13-27-14-11-20(31-2)12-15-27)28(23-16-19(25)7-10-22(23)26)32(29,30)21-8-5-18(24)6-9-21/h5-10,16-17,20H,3-4,11-15H2,1-2H3. The third-order valence-electron chi connectivity index (χ3n) is 5.88. The van der Waals surface area contributed by atoms with E-state index in [1.54, 1.807) is 30.3 Å². The van der Waals surface area contributed by atoms with E-state index in [9.17, 15) is 8.42 Å². The van der Waals surface area contributed by atoms with Crippen LogP contribution in [0, 0.1) is 0 Å². The second-order valence-corrected chi connectivity index (χ2v) is 12.4. The van der Waals surface area contributed by atoms with Crippen LogP contribution >= 0.6 is 46.6 Å². The lowest BCUT2D eigenvalue weighted by atomic mass is 10.1. The lowest BCUT2D eigenvalue weighted by molar-refractivity contribution is 0.227. The number of sulfonamides is 1. The van der Waals surface area contributed by atoms with Crippen LogP contribution in [-0.4, -0.2) is 50.5 Å². The molecule has 1 heterocycles.